The SMILES string of the molecule is Cn1cnc(C(O)c2ccc3c(c2)OCCCO3)c1. The molecule has 0 aliphatic carbocycles. The van der Waals surface area contributed by atoms with Gasteiger partial charge in [0.25, 0.3) is 0 Å². The minimum absolute atomic E-state index is 0.622. The molecule has 1 aliphatic heterocycles. The molecule has 2 heterocycles. The minimum Gasteiger partial charge on any atom is -0.490 e. The monoisotopic (exact) mass is 260 g/mol. The summed E-state index contributed by atoms with van der Waals surface area (Å²) in [5.74, 6) is 1.42. The molecule has 0 amide bonds. The van der Waals surface area contributed by atoms with Crippen LogP contribution >= 0.6 is 0 Å². The normalized spacial score (nSPS) is 15.9. The van der Waals surface area contributed by atoms with E-state index in [2.05, 4.69) is 4.98 Å². The Hall–Kier alpha value is -2.01. The number of aliphatic hydroxyl groups excluding tert-OH is 1. The van der Waals surface area contributed by atoms with Gasteiger partial charge in [-0.05, 0) is 17.7 Å². The van der Waals surface area contributed by atoms with Crippen molar-refractivity contribution in [3.8, 4) is 11.5 Å². The molecule has 0 fully saturated rings. The fraction of sp³-hybridized carbons (Fsp3) is 0.357. The second-order valence-electron chi connectivity index (χ2n) is 4.62. The molecule has 1 aromatic carbocycles. The molecule has 3 rings (SSSR count). The largest absolute Gasteiger partial charge is 0.490 e. The first-order valence-electron chi connectivity index (χ1n) is 6.29. The van der Waals surface area contributed by atoms with Crippen LogP contribution in [0.25, 0.3) is 0 Å². The summed E-state index contributed by atoms with van der Waals surface area (Å²) in [5, 5.41) is 10.3. The standard InChI is InChI=1S/C14H16N2O3/c1-16-8-11(15-9-16)14(17)10-3-4-12-13(7-10)19-6-2-5-18-12/h3-4,7-9,14,17H,2,5-6H2,1H3. The average Bonchev–Trinajstić information content (AvgIpc) is 2.72. The van der Waals surface area contributed by atoms with E-state index in [1.165, 1.54) is 0 Å². The van der Waals surface area contributed by atoms with E-state index in [1.807, 2.05) is 29.8 Å². The number of aryl methyl sites for hydroxylation is 1. The van der Waals surface area contributed by atoms with E-state index in [4.69, 9.17) is 9.47 Å². The van der Waals surface area contributed by atoms with Gasteiger partial charge in [0.1, 0.15) is 6.10 Å². The van der Waals surface area contributed by atoms with Gasteiger partial charge in [0.15, 0.2) is 11.5 Å². The lowest BCUT2D eigenvalue weighted by atomic mass is 10.1. The van der Waals surface area contributed by atoms with Crippen LogP contribution in [0.1, 0.15) is 23.8 Å². The van der Waals surface area contributed by atoms with Crippen LogP contribution in [0.5, 0.6) is 11.5 Å². The minimum atomic E-state index is -0.752. The zero-order valence-electron chi connectivity index (χ0n) is 10.7. The molecule has 1 aromatic heterocycles. The molecule has 5 heteroatoms. The predicted molar refractivity (Wildman–Crippen MR) is 69.3 cm³/mol. The van der Waals surface area contributed by atoms with E-state index < -0.39 is 6.10 Å². The lowest BCUT2D eigenvalue weighted by Gasteiger charge is -2.12. The molecule has 1 N–H and O–H groups in total. The van der Waals surface area contributed by atoms with Crippen LogP contribution in [0.3, 0.4) is 0 Å². The number of hydrogen-bond acceptors (Lipinski definition) is 4. The van der Waals surface area contributed by atoms with Gasteiger partial charge >= 0.3 is 0 Å². The zero-order chi connectivity index (χ0) is 13.2. The molecule has 0 bridgehead atoms. The van der Waals surface area contributed by atoms with Gasteiger partial charge in [0, 0.05) is 19.7 Å². The molecule has 0 saturated carbocycles. The molecule has 5 nitrogen and oxygen atoms in total. The van der Waals surface area contributed by atoms with Crippen molar-refractivity contribution >= 4 is 0 Å². The average molecular weight is 260 g/mol. The third-order valence-corrected chi connectivity index (χ3v) is 3.09. The maximum absolute atomic E-state index is 10.3. The van der Waals surface area contributed by atoms with E-state index in [0.717, 1.165) is 17.7 Å². The summed E-state index contributed by atoms with van der Waals surface area (Å²) >= 11 is 0. The summed E-state index contributed by atoms with van der Waals surface area (Å²) in [6, 6.07) is 5.50. The maximum Gasteiger partial charge on any atom is 0.161 e. The van der Waals surface area contributed by atoms with Crippen molar-refractivity contribution < 1.29 is 14.6 Å². The number of fused-ring (bicyclic) bond motifs is 1. The molecular weight excluding hydrogens is 244 g/mol. The summed E-state index contributed by atoms with van der Waals surface area (Å²) < 4.78 is 13.0. The quantitative estimate of drug-likeness (QED) is 0.892. The second kappa shape index (κ2) is 4.93. The number of hydrogen-bond donors (Lipinski definition) is 1. The Balaban J connectivity index is 1.91. The number of benzene rings is 1. The van der Waals surface area contributed by atoms with Gasteiger partial charge in [-0.25, -0.2) is 4.98 Å². The third kappa shape index (κ3) is 2.42. The van der Waals surface area contributed by atoms with Crippen molar-refractivity contribution in [2.24, 2.45) is 7.05 Å². The van der Waals surface area contributed by atoms with Crippen molar-refractivity contribution in [2.45, 2.75) is 12.5 Å². The molecule has 100 valence electrons. The Bertz CT molecular complexity index is 580. The van der Waals surface area contributed by atoms with E-state index >= 15 is 0 Å². The van der Waals surface area contributed by atoms with Gasteiger partial charge in [-0.3, -0.25) is 0 Å². The highest BCUT2D eigenvalue weighted by Gasteiger charge is 2.17. The lowest BCUT2D eigenvalue weighted by molar-refractivity contribution is 0.215. The van der Waals surface area contributed by atoms with E-state index in [1.54, 1.807) is 12.5 Å². The van der Waals surface area contributed by atoms with Crippen molar-refractivity contribution in [2.75, 3.05) is 13.2 Å². The zero-order valence-corrected chi connectivity index (χ0v) is 10.7. The summed E-state index contributed by atoms with van der Waals surface area (Å²) in [6.07, 6.45) is 3.58. The van der Waals surface area contributed by atoms with Crippen molar-refractivity contribution in [1.29, 1.82) is 0 Å². The molecule has 0 saturated heterocycles. The first kappa shape index (κ1) is 12.0. The predicted octanol–water partition coefficient (Wildman–Crippen LogP) is 1.66. The molecule has 1 unspecified atom stereocenters. The van der Waals surface area contributed by atoms with Crippen molar-refractivity contribution in [1.82, 2.24) is 9.55 Å². The molecular formula is C14H16N2O3. The fourth-order valence-electron chi connectivity index (χ4n) is 2.09. The molecule has 19 heavy (non-hydrogen) atoms. The van der Waals surface area contributed by atoms with Gasteiger partial charge in [0.05, 0.1) is 25.2 Å². The van der Waals surface area contributed by atoms with E-state index in [-0.39, 0.29) is 0 Å². The summed E-state index contributed by atoms with van der Waals surface area (Å²) in [6.45, 7) is 1.30. The second-order valence-corrected chi connectivity index (χ2v) is 4.62. The fourth-order valence-corrected chi connectivity index (χ4v) is 2.09. The van der Waals surface area contributed by atoms with Gasteiger partial charge in [0.2, 0.25) is 0 Å². The number of ether oxygens (including phenoxy) is 2. The summed E-state index contributed by atoms with van der Waals surface area (Å²) in [7, 11) is 1.87. The summed E-state index contributed by atoms with van der Waals surface area (Å²) in [5.41, 5.74) is 1.37. The maximum atomic E-state index is 10.3. The highest BCUT2D eigenvalue weighted by molar-refractivity contribution is 5.45. The Morgan fingerprint density at radius 2 is 2.05 bits per heavy atom. The van der Waals surface area contributed by atoms with Crippen LogP contribution in [-0.4, -0.2) is 27.9 Å². The first-order chi connectivity index (χ1) is 9.24. The van der Waals surface area contributed by atoms with Crippen LogP contribution in [0.2, 0.25) is 0 Å². The van der Waals surface area contributed by atoms with Gasteiger partial charge < -0.3 is 19.1 Å². The van der Waals surface area contributed by atoms with Gasteiger partial charge in [-0.2, -0.15) is 0 Å². The Morgan fingerprint density at radius 3 is 2.79 bits per heavy atom. The van der Waals surface area contributed by atoms with Crippen LogP contribution < -0.4 is 9.47 Å². The van der Waals surface area contributed by atoms with Crippen LogP contribution in [0, 0.1) is 0 Å². The lowest BCUT2D eigenvalue weighted by Crippen LogP contribution is -2.01. The van der Waals surface area contributed by atoms with Crippen molar-refractivity contribution in [3.63, 3.8) is 0 Å². The highest BCUT2D eigenvalue weighted by atomic mass is 16.5. The number of aromatic nitrogens is 2. The molecule has 0 spiro atoms. The van der Waals surface area contributed by atoms with Gasteiger partial charge in [-0.1, -0.05) is 6.07 Å². The highest BCUT2D eigenvalue weighted by Crippen LogP contribution is 2.33. The van der Waals surface area contributed by atoms with Crippen molar-refractivity contribution in [3.05, 3.63) is 42.0 Å². The van der Waals surface area contributed by atoms with E-state index in [0.29, 0.717) is 24.7 Å². The van der Waals surface area contributed by atoms with E-state index in [9.17, 15) is 5.11 Å². The van der Waals surface area contributed by atoms with Crippen LogP contribution in [-0.2, 0) is 7.05 Å². The number of nitrogens with zero attached hydrogens (tertiary/aromatic N) is 2. The molecule has 1 aliphatic rings. The number of rotatable bonds is 2. The van der Waals surface area contributed by atoms with Crippen LogP contribution in [0.15, 0.2) is 30.7 Å². The Labute approximate surface area is 111 Å². The third-order valence-electron chi connectivity index (χ3n) is 3.09. The topological polar surface area (TPSA) is 56.5 Å². The molecule has 2 aromatic rings. The number of aliphatic hydroxyl groups is 1. The summed E-state index contributed by atoms with van der Waals surface area (Å²) in [4.78, 5) is 4.16. The first-order valence-corrected chi connectivity index (χ1v) is 6.29. The number of imidazole rings is 1. The Kier molecular flexibility index (Phi) is 3.13. The Morgan fingerprint density at radius 1 is 1.26 bits per heavy atom. The molecule has 0 radical (unpaired) electrons. The van der Waals surface area contributed by atoms with Crippen LogP contribution in [0.4, 0.5) is 0 Å². The van der Waals surface area contributed by atoms with Gasteiger partial charge in [-0.15, -0.1) is 0 Å². The molecule has 1 atom stereocenters. The smallest absolute Gasteiger partial charge is 0.161 e.